The van der Waals surface area contributed by atoms with Crippen LogP contribution in [-0.2, 0) is 20.0 Å². The SMILES string of the molecule is CCc1nn(C)cc1CN=C1NC(C)(CC)CS1. The first-order chi connectivity index (χ1) is 8.56. The fraction of sp³-hybridized carbons (Fsp3) is 0.692. The quantitative estimate of drug-likeness (QED) is 0.909. The van der Waals surface area contributed by atoms with Crippen molar-refractivity contribution in [1.29, 1.82) is 0 Å². The molecule has 0 aromatic carbocycles. The van der Waals surface area contributed by atoms with Crippen molar-refractivity contribution in [2.24, 2.45) is 12.0 Å². The van der Waals surface area contributed by atoms with E-state index in [-0.39, 0.29) is 5.54 Å². The minimum absolute atomic E-state index is 0.214. The molecule has 4 nitrogen and oxygen atoms in total. The summed E-state index contributed by atoms with van der Waals surface area (Å²) in [6.07, 6.45) is 4.17. The number of hydrogen-bond acceptors (Lipinski definition) is 3. The third-order valence-corrected chi connectivity index (χ3v) is 4.72. The number of aromatic nitrogens is 2. The van der Waals surface area contributed by atoms with E-state index in [4.69, 9.17) is 0 Å². The van der Waals surface area contributed by atoms with Crippen LogP contribution in [-0.4, -0.2) is 26.2 Å². The number of thioether (sulfide) groups is 1. The molecule has 2 rings (SSSR count). The number of nitrogens with zero attached hydrogens (tertiary/aromatic N) is 3. The monoisotopic (exact) mass is 266 g/mol. The van der Waals surface area contributed by atoms with Gasteiger partial charge in [-0.05, 0) is 19.8 Å². The molecule has 5 heteroatoms. The minimum atomic E-state index is 0.214. The van der Waals surface area contributed by atoms with Gasteiger partial charge in [-0.2, -0.15) is 5.10 Å². The Bertz CT molecular complexity index is 452. The summed E-state index contributed by atoms with van der Waals surface area (Å²) in [5.41, 5.74) is 2.61. The molecule has 100 valence electrons. The van der Waals surface area contributed by atoms with Gasteiger partial charge in [0.15, 0.2) is 5.17 Å². The Kier molecular flexibility index (Phi) is 4.00. The van der Waals surface area contributed by atoms with Crippen LogP contribution in [0, 0.1) is 0 Å². The molecule has 1 aromatic rings. The van der Waals surface area contributed by atoms with Crippen molar-refractivity contribution in [2.75, 3.05) is 5.75 Å². The number of hydrogen-bond donors (Lipinski definition) is 1. The van der Waals surface area contributed by atoms with E-state index in [9.17, 15) is 0 Å². The molecule has 1 unspecified atom stereocenters. The molecule has 1 aliphatic rings. The molecule has 1 aliphatic heterocycles. The molecule has 0 aliphatic carbocycles. The molecule has 1 saturated heterocycles. The molecule has 18 heavy (non-hydrogen) atoms. The molecule has 0 saturated carbocycles. The van der Waals surface area contributed by atoms with Gasteiger partial charge in [-0.15, -0.1) is 0 Å². The summed E-state index contributed by atoms with van der Waals surface area (Å²) < 4.78 is 1.87. The molecule has 1 fully saturated rings. The second-order valence-electron chi connectivity index (χ2n) is 5.08. The van der Waals surface area contributed by atoms with Gasteiger partial charge < -0.3 is 5.32 Å². The zero-order valence-electron chi connectivity index (χ0n) is 11.7. The second kappa shape index (κ2) is 5.34. The predicted octanol–water partition coefficient (Wildman–Crippen LogP) is 2.34. The first-order valence-electron chi connectivity index (χ1n) is 6.53. The Labute approximate surface area is 113 Å². The van der Waals surface area contributed by atoms with Crippen LogP contribution in [0.15, 0.2) is 11.2 Å². The van der Waals surface area contributed by atoms with Gasteiger partial charge in [0, 0.05) is 30.1 Å². The van der Waals surface area contributed by atoms with Gasteiger partial charge in [-0.25, -0.2) is 0 Å². The Balaban J connectivity index is 2.03. The summed E-state index contributed by atoms with van der Waals surface area (Å²) in [5.74, 6) is 1.11. The van der Waals surface area contributed by atoms with Gasteiger partial charge >= 0.3 is 0 Å². The van der Waals surface area contributed by atoms with E-state index in [1.54, 1.807) is 0 Å². The molecular formula is C13H22N4S. The van der Waals surface area contributed by atoms with E-state index in [2.05, 4.69) is 42.4 Å². The van der Waals surface area contributed by atoms with Crippen molar-refractivity contribution < 1.29 is 0 Å². The highest BCUT2D eigenvalue weighted by molar-refractivity contribution is 8.14. The van der Waals surface area contributed by atoms with Crippen LogP contribution in [0.5, 0.6) is 0 Å². The molecule has 1 aromatic heterocycles. The zero-order valence-corrected chi connectivity index (χ0v) is 12.5. The van der Waals surface area contributed by atoms with Crippen LogP contribution in [0.1, 0.15) is 38.4 Å². The van der Waals surface area contributed by atoms with Crippen molar-refractivity contribution in [1.82, 2.24) is 15.1 Å². The average Bonchev–Trinajstić information content (AvgIpc) is 2.91. The topological polar surface area (TPSA) is 42.2 Å². The van der Waals surface area contributed by atoms with E-state index in [0.717, 1.165) is 36.0 Å². The molecule has 0 radical (unpaired) electrons. The highest BCUT2D eigenvalue weighted by Gasteiger charge is 2.30. The Morgan fingerprint density at radius 1 is 1.56 bits per heavy atom. The number of aliphatic imine (C=N–C) groups is 1. The number of amidine groups is 1. The minimum Gasteiger partial charge on any atom is -0.359 e. The summed E-state index contributed by atoms with van der Waals surface area (Å²) in [5, 5.41) is 9.03. The molecule has 2 heterocycles. The van der Waals surface area contributed by atoms with Crippen molar-refractivity contribution >= 4 is 16.9 Å². The second-order valence-corrected chi connectivity index (χ2v) is 6.04. The highest BCUT2D eigenvalue weighted by atomic mass is 32.2. The van der Waals surface area contributed by atoms with Crippen LogP contribution >= 0.6 is 11.8 Å². The summed E-state index contributed by atoms with van der Waals surface area (Å²) in [6.45, 7) is 7.33. The molecule has 1 atom stereocenters. The van der Waals surface area contributed by atoms with Gasteiger partial charge in [0.25, 0.3) is 0 Å². The van der Waals surface area contributed by atoms with Crippen LogP contribution < -0.4 is 5.32 Å². The molecular weight excluding hydrogens is 244 g/mol. The molecule has 0 spiro atoms. The lowest BCUT2D eigenvalue weighted by molar-refractivity contribution is 0.466. The van der Waals surface area contributed by atoms with Crippen molar-refractivity contribution in [3.05, 3.63) is 17.5 Å². The van der Waals surface area contributed by atoms with Crippen molar-refractivity contribution in [3.63, 3.8) is 0 Å². The average molecular weight is 266 g/mol. The maximum atomic E-state index is 4.67. The standard InChI is InChI=1S/C13H22N4S/c1-5-11-10(8-17(4)16-11)7-14-12-15-13(3,6-2)9-18-12/h8H,5-7,9H2,1-4H3,(H,14,15). The first kappa shape index (κ1) is 13.5. The Morgan fingerprint density at radius 2 is 2.33 bits per heavy atom. The molecule has 0 amide bonds. The largest absolute Gasteiger partial charge is 0.359 e. The van der Waals surface area contributed by atoms with Gasteiger partial charge in [-0.1, -0.05) is 25.6 Å². The Hall–Kier alpha value is -0.970. The number of aryl methyl sites for hydroxylation is 2. The maximum absolute atomic E-state index is 4.67. The summed E-state index contributed by atoms with van der Waals surface area (Å²) in [7, 11) is 1.96. The van der Waals surface area contributed by atoms with Gasteiger partial charge in [0.2, 0.25) is 0 Å². The lowest BCUT2D eigenvalue weighted by Gasteiger charge is -2.20. The highest BCUT2D eigenvalue weighted by Crippen LogP contribution is 2.25. The van der Waals surface area contributed by atoms with Crippen LogP contribution in [0.4, 0.5) is 0 Å². The van der Waals surface area contributed by atoms with Gasteiger partial charge in [0.1, 0.15) is 0 Å². The van der Waals surface area contributed by atoms with E-state index in [0.29, 0.717) is 0 Å². The van der Waals surface area contributed by atoms with Crippen molar-refractivity contribution in [3.8, 4) is 0 Å². The third-order valence-electron chi connectivity index (χ3n) is 3.44. The van der Waals surface area contributed by atoms with Crippen molar-refractivity contribution in [2.45, 2.75) is 45.7 Å². The smallest absolute Gasteiger partial charge is 0.157 e. The van der Waals surface area contributed by atoms with E-state index in [1.807, 2.05) is 23.5 Å². The van der Waals surface area contributed by atoms with Crippen LogP contribution in [0.2, 0.25) is 0 Å². The fourth-order valence-electron chi connectivity index (χ4n) is 2.00. The Morgan fingerprint density at radius 3 is 2.94 bits per heavy atom. The lowest BCUT2D eigenvalue weighted by Crippen LogP contribution is -2.39. The van der Waals surface area contributed by atoms with E-state index in [1.165, 1.54) is 5.56 Å². The molecule has 1 N–H and O–H groups in total. The van der Waals surface area contributed by atoms with Crippen LogP contribution in [0.3, 0.4) is 0 Å². The van der Waals surface area contributed by atoms with E-state index < -0.39 is 0 Å². The zero-order chi connectivity index (χ0) is 13.2. The van der Waals surface area contributed by atoms with E-state index >= 15 is 0 Å². The summed E-state index contributed by atoms with van der Waals surface area (Å²) in [6, 6.07) is 0. The number of nitrogens with one attached hydrogen (secondary N) is 1. The predicted molar refractivity (Wildman–Crippen MR) is 78.0 cm³/mol. The first-order valence-corrected chi connectivity index (χ1v) is 7.51. The summed E-state index contributed by atoms with van der Waals surface area (Å²) in [4.78, 5) is 4.67. The maximum Gasteiger partial charge on any atom is 0.157 e. The molecule has 0 bridgehead atoms. The number of rotatable bonds is 4. The normalized spacial score (nSPS) is 25.7. The fourth-order valence-corrected chi connectivity index (χ4v) is 3.21. The van der Waals surface area contributed by atoms with Crippen LogP contribution in [0.25, 0.3) is 0 Å². The van der Waals surface area contributed by atoms with Gasteiger partial charge in [-0.3, -0.25) is 9.67 Å². The third kappa shape index (κ3) is 2.88. The van der Waals surface area contributed by atoms with Gasteiger partial charge in [0.05, 0.1) is 12.2 Å². The lowest BCUT2D eigenvalue weighted by atomic mass is 10.0. The summed E-state index contributed by atoms with van der Waals surface area (Å²) >= 11 is 1.83.